The Hall–Kier alpha value is -3.12. The molecule has 4 nitrogen and oxygen atoms in total. The van der Waals surface area contributed by atoms with Crippen molar-refractivity contribution in [2.45, 2.75) is 4.90 Å². The van der Waals surface area contributed by atoms with Gasteiger partial charge < -0.3 is 4.98 Å². The van der Waals surface area contributed by atoms with Gasteiger partial charge in [0.1, 0.15) is 5.82 Å². The molecule has 0 amide bonds. The third-order valence-electron chi connectivity index (χ3n) is 4.10. The summed E-state index contributed by atoms with van der Waals surface area (Å²) in [5.41, 5.74) is 2.89. The van der Waals surface area contributed by atoms with Crippen LogP contribution in [0, 0.1) is 5.82 Å². The fraction of sp³-hybridized carbons (Fsp3) is 0. The normalized spacial score (nSPS) is 11.6. The van der Waals surface area contributed by atoms with Crippen LogP contribution in [0.3, 0.4) is 0 Å². The number of rotatable bonds is 4. The summed E-state index contributed by atoms with van der Waals surface area (Å²) >= 11 is 0. The van der Waals surface area contributed by atoms with Crippen molar-refractivity contribution in [3.05, 3.63) is 84.7 Å². The lowest BCUT2D eigenvalue weighted by molar-refractivity contribution is 0.595. The van der Waals surface area contributed by atoms with Gasteiger partial charge in [0.2, 0.25) is 0 Å². The van der Waals surface area contributed by atoms with Crippen molar-refractivity contribution < 1.29 is 12.8 Å². The minimum Gasteiger partial charge on any atom is -0.354 e. The van der Waals surface area contributed by atoms with Gasteiger partial charge in [0.15, 0.2) is 0 Å². The third kappa shape index (κ3) is 3.07. The number of nitrogens with one attached hydrogen (secondary N) is 2. The van der Waals surface area contributed by atoms with Crippen molar-refractivity contribution in [2.24, 2.45) is 0 Å². The number of aromatic amines is 1. The minimum atomic E-state index is -3.90. The van der Waals surface area contributed by atoms with Crippen LogP contribution in [-0.2, 0) is 10.0 Å². The standard InChI is InChI=1S/C20H15FN2O2S/c21-15-7-5-8-16(13-15)26(24,25)23-19-11-4-2-9-17(19)20-12-14-6-1-3-10-18(14)22-20/h1-13,22-23H. The van der Waals surface area contributed by atoms with Crippen LogP contribution in [-0.4, -0.2) is 13.4 Å². The van der Waals surface area contributed by atoms with Crippen molar-refractivity contribution in [2.75, 3.05) is 4.72 Å². The molecule has 0 saturated heterocycles. The lowest BCUT2D eigenvalue weighted by atomic mass is 10.1. The Morgan fingerprint density at radius 2 is 1.62 bits per heavy atom. The summed E-state index contributed by atoms with van der Waals surface area (Å²) in [4.78, 5) is 3.17. The molecule has 0 bridgehead atoms. The summed E-state index contributed by atoms with van der Waals surface area (Å²) in [6.07, 6.45) is 0. The maximum Gasteiger partial charge on any atom is 0.262 e. The van der Waals surface area contributed by atoms with E-state index < -0.39 is 15.8 Å². The second kappa shape index (κ2) is 6.31. The Kier molecular flexibility index (Phi) is 3.97. The Labute approximate surface area is 150 Å². The molecule has 2 N–H and O–H groups in total. The van der Waals surface area contributed by atoms with E-state index >= 15 is 0 Å². The SMILES string of the molecule is O=S(=O)(Nc1ccccc1-c1cc2ccccc2[nH]1)c1cccc(F)c1. The number of sulfonamides is 1. The quantitative estimate of drug-likeness (QED) is 0.546. The van der Waals surface area contributed by atoms with E-state index in [4.69, 9.17) is 0 Å². The molecule has 3 aromatic carbocycles. The lowest BCUT2D eigenvalue weighted by Crippen LogP contribution is -2.13. The number of hydrogen-bond acceptors (Lipinski definition) is 2. The largest absolute Gasteiger partial charge is 0.354 e. The molecule has 0 radical (unpaired) electrons. The van der Waals surface area contributed by atoms with Gasteiger partial charge in [0, 0.05) is 22.2 Å². The number of anilines is 1. The van der Waals surface area contributed by atoms with Crippen molar-refractivity contribution in [1.82, 2.24) is 4.98 Å². The van der Waals surface area contributed by atoms with Gasteiger partial charge in [-0.25, -0.2) is 12.8 Å². The summed E-state index contributed by atoms with van der Waals surface area (Å²) in [6.45, 7) is 0. The van der Waals surface area contributed by atoms with Crippen molar-refractivity contribution in [1.29, 1.82) is 0 Å². The molecule has 0 fully saturated rings. The van der Waals surface area contributed by atoms with E-state index in [1.54, 1.807) is 12.1 Å². The molecule has 0 spiro atoms. The Morgan fingerprint density at radius 3 is 2.42 bits per heavy atom. The van der Waals surface area contributed by atoms with Crippen molar-refractivity contribution >= 4 is 26.6 Å². The zero-order valence-electron chi connectivity index (χ0n) is 13.6. The molecule has 130 valence electrons. The lowest BCUT2D eigenvalue weighted by Gasteiger charge is -2.12. The first-order valence-corrected chi connectivity index (χ1v) is 9.47. The zero-order valence-corrected chi connectivity index (χ0v) is 14.4. The average molecular weight is 366 g/mol. The molecule has 0 aliphatic carbocycles. The highest BCUT2D eigenvalue weighted by Gasteiger charge is 2.17. The Balaban J connectivity index is 1.76. The first kappa shape index (κ1) is 16.4. The van der Waals surface area contributed by atoms with Crippen LogP contribution in [0.4, 0.5) is 10.1 Å². The van der Waals surface area contributed by atoms with E-state index in [9.17, 15) is 12.8 Å². The molecule has 0 saturated carbocycles. The first-order valence-electron chi connectivity index (χ1n) is 7.98. The maximum atomic E-state index is 13.4. The van der Waals surface area contributed by atoms with Gasteiger partial charge in [-0.3, -0.25) is 4.72 Å². The van der Waals surface area contributed by atoms with Gasteiger partial charge in [0.05, 0.1) is 10.6 Å². The summed E-state index contributed by atoms with van der Waals surface area (Å²) in [7, 11) is -3.90. The number of benzene rings is 3. The van der Waals surface area contributed by atoms with Crippen LogP contribution in [0.5, 0.6) is 0 Å². The van der Waals surface area contributed by atoms with Crippen molar-refractivity contribution in [3.63, 3.8) is 0 Å². The molecule has 6 heteroatoms. The molecular weight excluding hydrogens is 351 g/mol. The second-order valence-electron chi connectivity index (χ2n) is 5.88. The van der Waals surface area contributed by atoms with E-state index in [1.807, 2.05) is 42.5 Å². The Morgan fingerprint density at radius 1 is 0.846 bits per heavy atom. The molecular formula is C20H15FN2O2S. The molecule has 0 aliphatic rings. The van der Waals surface area contributed by atoms with E-state index in [1.165, 1.54) is 18.2 Å². The van der Waals surface area contributed by atoms with Crippen LogP contribution >= 0.6 is 0 Å². The van der Waals surface area contributed by atoms with E-state index in [-0.39, 0.29) is 4.90 Å². The molecule has 1 heterocycles. The third-order valence-corrected chi connectivity index (χ3v) is 5.46. The van der Waals surface area contributed by atoms with Crippen LogP contribution in [0.2, 0.25) is 0 Å². The summed E-state index contributed by atoms with van der Waals surface area (Å²) in [5.74, 6) is -0.600. The predicted molar refractivity (Wildman–Crippen MR) is 101 cm³/mol. The van der Waals surface area contributed by atoms with Crippen LogP contribution in [0.25, 0.3) is 22.2 Å². The van der Waals surface area contributed by atoms with Gasteiger partial charge in [-0.05, 0) is 36.4 Å². The monoisotopic (exact) mass is 366 g/mol. The van der Waals surface area contributed by atoms with Crippen LogP contribution in [0.1, 0.15) is 0 Å². The zero-order chi connectivity index (χ0) is 18.1. The molecule has 4 rings (SSSR count). The number of aromatic nitrogens is 1. The van der Waals surface area contributed by atoms with E-state index in [0.29, 0.717) is 11.3 Å². The number of halogens is 1. The summed E-state index contributed by atoms with van der Waals surface area (Å²) in [6, 6.07) is 21.8. The Bertz CT molecular complexity index is 1170. The second-order valence-corrected chi connectivity index (χ2v) is 7.56. The van der Waals surface area contributed by atoms with Crippen LogP contribution < -0.4 is 4.72 Å². The van der Waals surface area contributed by atoms with E-state index in [2.05, 4.69) is 9.71 Å². The topological polar surface area (TPSA) is 62.0 Å². The number of hydrogen-bond donors (Lipinski definition) is 2. The highest BCUT2D eigenvalue weighted by atomic mass is 32.2. The van der Waals surface area contributed by atoms with Crippen molar-refractivity contribution in [3.8, 4) is 11.3 Å². The van der Waals surface area contributed by atoms with Gasteiger partial charge in [0.25, 0.3) is 10.0 Å². The summed E-state index contributed by atoms with van der Waals surface area (Å²) in [5, 5.41) is 1.03. The predicted octanol–water partition coefficient (Wildman–Crippen LogP) is 4.77. The minimum absolute atomic E-state index is 0.121. The smallest absolute Gasteiger partial charge is 0.262 e. The first-order chi connectivity index (χ1) is 12.5. The van der Waals surface area contributed by atoms with E-state index in [0.717, 1.165) is 22.7 Å². The van der Waals surface area contributed by atoms with Gasteiger partial charge in [-0.15, -0.1) is 0 Å². The van der Waals surface area contributed by atoms with Crippen LogP contribution in [0.15, 0.2) is 83.8 Å². The number of para-hydroxylation sites is 2. The number of H-pyrrole nitrogens is 1. The highest BCUT2D eigenvalue weighted by Crippen LogP contribution is 2.31. The van der Waals surface area contributed by atoms with Gasteiger partial charge >= 0.3 is 0 Å². The fourth-order valence-corrected chi connectivity index (χ4v) is 3.97. The molecule has 0 unspecified atom stereocenters. The molecule has 0 atom stereocenters. The van der Waals surface area contributed by atoms with Gasteiger partial charge in [-0.2, -0.15) is 0 Å². The molecule has 1 aromatic heterocycles. The fourth-order valence-electron chi connectivity index (χ4n) is 2.86. The average Bonchev–Trinajstić information content (AvgIpc) is 3.06. The highest BCUT2D eigenvalue weighted by molar-refractivity contribution is 7.92. The number of fused-ring (bicyclic) bond motifs is 1. The molecule has 4 aromatic rings. The van der Waals surface area contributed by atoms with Gasteiger partial charge in [-0.1, -0.05) is 42.5 Å². The molecule has 0 aliphatic heterocycles. The summed E-state index contributed by atoms with van der Waals surface area (Å²) < 4.78 is 41.2. The maximum absolute atomic E-state index is 13.4. The molecule has 26 heavy (non-hydrogen) atoms.